The van der Waals surface area contributed by atoms with Crippen LogP contribution in [0.15, 0.2) is 138 Å². The molecule has 0 spiro atoms. The Hall–Kier alpha value is -5.72. The Bertz CT molecular complexity index is 2430. The van der Waals surface area contributed by atoms with Crippen LogP contribution in [-0.2, 0) is 0 Å². The standard InChI is InChI=1S/C38H22N4OS/c1-3-11-24(12-4-1)35-40-36(25-13-5-2-6-14-25)42-37(41-35)26-21-19-23(20-22-26)33-34-31(27-15-7-9-17-29(27)43-34)32-28-16-8-10-18-30(28)44-38(32)39-33/h1-22H. The molecule has 6 heteroatoms. The predicted molar refractivity (Wildman–Crippen MR) is 180 cm³/mol. The predicted octanol–water partition coefficient (Wildman–Crippen LogP) is 10.2. The SMILES string of the molecule is c1ccc(-c2nc(-c3ccccc3)nc(-c3ccc(-c4nc5sc6ccccc6c5c5c4oc4ccccc45)cc3)n2)cc1. The lowest BCUT2D eigenvalue weighted by molar-refractivity contribution is 0.669. The summed E-state index contributed by atoms with van der Waals surface area (Å²) in [6.07, 6.45) is 0. The van der Waals surface area contributed by atoms with E-state index < -0.39 is 0 Å². The summed E-state index contributed by atoms with van der Waals surface area (Å²) in [5.41, 5.74) is 6.24. The summed E-state index contributed by atoms with van der Waals surface area (Å²) in [6.45, 7) is 0. The highest BCUT2D eigenvalue weighted by atomic mass is 32.1. The number of nitrogens with zero attached hydrogens (tertiary/aromatic N) is 4. The lowest BCUT2D eigenvalue weighted by Gasteiger charge is -2.09. The van der Waals surface area contributed by atoms with E-state index in [1.165, 1.54) is 10.1 Å². The van der Waals surface area contributed by atoms with Crippen molar-refractivity contribution in [3.05, 3.63) is 133 Å². The molecular formula is C38H22N4OS. The van der Waals surface area contributed by atoms with Gasteiger partial charge in [-0.15, -0.1) is 11.3 Å². The van der Waals surface area contributed by atoms with Gasteiger partial charge in [0.2, 0.25) is 0 Å². The molecule has 0 aliphatic carbocycles. The molecule has 4 aromatic heterocycles. The van der Waals surface area contributed by atoms with Crippen LogP contribution < -0.4 is 0 Å². The van der Waals surface area contributed by atoms with Crippen molar-refractivity contribution in [3.63, 3.8) is 0 Å². The van der Waals surface area contributed by atoms with Crippen molar-refractivity contribution < 1.29 is 4.42 Å². The maximum Gasteiger partial charge on any atom is 0.164 e. The quantitative estimate of drug-likeness (QED) is 0.207. The smallest absolute Gasteiger partial charge is 0.164 e. The molecule has 5 nitrogen and oxygen atoms in total. The van der Waals surface area contributed by atoms with Gasteiger partial charge in [-0.2, -0.15) is 0 Å². The number of hydrogen-bond donors (Lipinski definition) is 0. The number of para-hydroxylation sites is 1. The van der Waals surface area contributed by atoms with Crippen LogP contribution >= 0.6 is 11.3 Å². The fourth-order valence-corrected chi connectivity index (χ4v) is 6.96. The number of benzene rings is 5. The van der Waals surface area contributed by atoms with Gasteiger partial charge in [0.25, 0.3) is 0 Å². The molecule has 0 aliphatic rings. The van der Waals surface area contributed by atoms with Gasteiger partial charge >= 0.3 is 0 Å². The van der Waals surface area contributed by atoms with Gasteiger partial charge in [0.15, 0.2) is 23.1 Å². The number of furan rings is 1. The molecular weight excluding hydrogens is 561 g/mol. The topological polar surface area (TPSA) is 64.7 Å². The minimum Gasteiger partial charge on any atom is -0.454 e. The minimum absolute atomic E-state index is 0.617. The first-order valence-electron chi connectivity index (χ1n) is 14.4. The number of fused-ring (bicyclic) bond motifs is 7. The molecule has 0 N–H and O–H groups in total. The number of aromatic nitrogens is 4. The number of rotatable bonds is 4. The van der Waals surface area contributed by atoms with Crippen molar-refractivity contribution in [1.29, 1.82) is 0 Å². The van der Waals surface area contributed by atoms with E-state index in [1.807, 2.05) is 72.8 Å². The molecule has 206 valence electrons. The molecule has 0 radical (unpaired) electrons. The van der Waals surface area contributed by atoms with Gasteiger partial charge in [-0.25, -0.2) is 19.9 Å². The molecule has 9 aromatic rings. The first-order valence-corrected chi connectivity index (χ1v) is 15.2. The van der Waals surface area contributed by atoms with E-state index in [-0.39, 0.29) is 0 Å². The van der Waals surface area contributed by atoms with Gasteiger partial charge < -0.3 is 4.42 Å². The van der Waals surface area contributed by atoms with Crippen LogP contribution in [0.25, 0.3) is 87.7 Å². The molecule has 0 aliphatic heterocycles. The van der Waals surface area contributed by atoms with Crippen LogP contribution in [0.3, 0.4) is 0 Å². The van der Waals surface area contributed by atoms with Crippen molar-refractivity contribution >= 4 is 53.6 Å². The average Bonchev–Trinajstić information content (AvgIpc) is 3.67. The van der Waals surface area contributed by atoms with Crippen molar-refractivity contribution in [2.24, 2.45) is 0 Å². The van der Waals surface area contributed by atoms with E-state index in [2.05, 4.69) is 60.7 Å². The van der Waals surface area contributed by atoms with E-state index in [0.29, 0.717) is 17.5 Å². The van der Waals surface area contributed by atoms with Crippen LogP contribution in [0, 0.1) is 0 Å². The zero-order valence-corrected chi connectivity index (χ0v) is 24.1. The molecule has 9 rings (SSSR count). The fraction of sp³-hybridized carbons (Fsp3) is 0. The Morgan fingerprint density at radius 3 is 1.61 bits per heavy atom. The zero-order chi connectivity index (χ0) is 29.0. The highest BCUT2D eigenvalue weighted by Crippen LogP contribution is 2.44. The molecule has 0 fully saturated rings. The van der Waals surface area contributed by atoms with E-state index in [0.717, 1.165) is 60.1 Å². The van der Waals surface area contributed by atoms with Crippen molar-refractivity contribution in [2.75, 3.05) is 0 Å². The first-order chi connectivity index (χ1) is 21.8. The second-order valence-corrected chi connectivity index (χ2v) is 11.7. The Morgan fingerprint density at radius 1 is 0.432 bits per heavy atom. The summed E-state index contributed by atoms with van der Waals surface area (Å²) >= 11 is 1.72. The summed E-state index contributed by atoms with van der Waals surface area (Å²) in [4.78, 5) is 20.8. The van der Waals surface area contributed by atoms with E-state index in [9.17, 15) is 0 Å². The molecule has 0 bridgehead atoms. The number of pyridine rings is 1. The zero-order valence-electron chi connectivity index (χ0n) is 23.3. The first kappa shape index (κ1) is 24.8. The molecule has 0 saturated carbocycles. The van der Waals surface area contributed by atoms with E-state index in [4.69, 9.17) is 24.4 Å². The third kappa shape index (κ3) is 4.00. The Kier molecular flexibility index (Phi) is 5.61. The third-order valence-corrected chi connectivity index (χ3v) is 9.03. The second kappa shape index (κ2) is 9.93. The molecule has 0 atom stereocenters. The van der Waals surface area contributed by atoms with E-state index >= 15 is 0 Å². The average molecular weight is 583 g/mol. The third-order valence-electron chi connectivity index (χ3n) is 7.97. The lowest BCUT2D eigenvalue weighted by Crippen LogP contribution is -2.00. The summed E-state index contributed by atoms with van der Waals surface area (Å²) < 4.78 is 7.73. The minimum atomic E-state index is 0.617. The van der Waals surface area contributed by atoms with Crippen LogP contribution in [-0.4, -0.2) is 19.9 Å². The number of thiophene rings is 1. The molecule has 0 amide bonds. The summed E-state index contributed by atoms with van der Waals surface area (Å²) in [5.74, 6) is 1.89. The van der Waals surface area contributed by atoms with Crippen LogP contribution in [0.5, 0.6) is 0 Å². The fourth-order valence-electron chi connectivity index (χ4n) is 5.88. The molecule has 44 heavy (non-hydrogen) atoms. The van der Waals surface area contributed by atoms with Gasteiger partial charge in [0.1, 0.15) is 16.1 Å². The summed E-state index contributed by atoms with van der Waals surface area (Å²) in [6, 6.07) is 45.0. The second-order valence-electron chi connectivity index (χ2n) is 10.7. The Morgan fingerprint density at radius 2 is 0.955 bits per heavy atom. The van der Waals surface area contributed by atoms with E-state index in [1.54, 1.807) is 11.3 Å². The monoisotopic (exact) mass is 582 g/mol. The molecule has 0 saturated heterocycles. The maximum absolute atomic E-state index is 6.52. The lowest BCUT2D eigenvalue weighted by atomic mass is 10.0. The highest BCUT2D eigenvalue weighted by Gasteiger charge is 2.21. The van der Waals surface area contributed by atoms with Gasteiger partial charge in [-0.3, -0.25) is 0 Å². The Balaban J connectivity index is 1.22. The molecule has 4 heterocycles. The normalized spacial score (nSPS) is 11.6. The molecule has 0 unspecified atom stereocenters. The number of hydrogen-bond acceptors (Lipinski definition) is 6. The highest BCUT2D eigenvalue weighted by molar-refractivity contribution is 7.25. The summed E-state index contributed by atoms with van der Waals surface area (Å²) in [5, 5.41) is 4.57. The Labute approximate surface area is 256 Å². The van der Waals surface area contributed by atoms with Gasteiger partial charge in [0, 0.05) is 48.5 Å². The van der Waals surface area contributed by atoms with Gasteiger partial charge in [-0.1, -0.05) is 121 Å². The van der Waals surface area contributed by atoms with Crippen LogP contribution in [0.1, 0.15) is 0 Å². The summed E-state index contributed by atoms with van der Waals surface area (Å²) in [7, 11) is 0. The van der Waals surface area contributed by atoms with Crippen molar-refractivity contribution in [3.8, 4) is 45.4 Å². The van der Waals surface area contributed by atoms with Gasteiger partial charge in [0.05, 0.1) is 0 Å². The van der Waals surface area contributed by atoms with Gasteiger partial charge in [-0.05, 0) is 12.1 Å². The van der Waals surface area contributed by atoms with Crippen LogP contribution in [0.4, 0.5) is 0 Å². The van der Waals surface area contributed by atoms with Crippen molar-refractivity contribution in [1.82, 2.24) is 19.9 Å². The maximum atomic E-state index is 6.52. The largest absolute Gasteiger partial charge is 0.454 e. The van der Waals surface area contributed by atoms with Crippen LogP contribution in [0.2, 0.25) is 0 Å². The van der Waals surface area contributed by atoms with Crippen molar-refractivity contribution in [2.45, 2.75) is 0 Å². The molecule has 5 aromatic carbocycles.